The van der Waals surface area contributed by atoms with Gasteiger partial charge in [0.25, 0.3) is 0 Å². The molecule has 2 heteroatoms. The van der Waals surface area contributed by atoms with Crippen molar-refractivity contribution in [3.63, 3.8) is 0 Å². The fraction of sp³-hybridized carbons (Fsp3) is 0.278. The maximum Gasteiger partial charge on any atom is 0.150 e. The summed E-state index contributed by atoms with van der Waals surface area (Å²) in [4.78, 5) is 10.7. The molecule has 0 aromatic heterocycles. The molecule has 0 bridgehead atoms. The lowest BCUT2D eigenvalue weighted by molar-refractivity contribution is 0.112. The van der Waals surface area contributed by atoms with Crippen molar-refractivity contribution in [2.45, 2.75) is 26.7 Å². The molecule has 1 aliphatic rings. The van der Waals surface area contributed by atoms with Gasteiger partial charge in [-0.15, -0.1) is 0 Å². The number of rotatable bonds is 2. The van der Waals surface area contributed by atoms with Gasteiger partial charge in [-0.2, -0.15) is 0 Å². The van der Waals surface area contributed by atoms with Gasteiger partial charge in [-0.05, 0) is 43.0 Å². The minimum atomic E-state index is 0.269. The first-order valence-electron chi connectivity index (χ1n) is 6.90. The van der Waals surface area contributed by atoms with Crippen LogP contribution in [0.4, 0.5) is 0 Å². The number of carbonyl (C=O) groups excluding carboxylic acids is 1. The van der Waals surface area contributed by atoms with Crippen molar-refractivity contribution in [2.24, 2.45) is 0 Å². The smallest absolute Gasteiger partial charge is 0.150 e. The summed E-state index contributed by atoms with van der Waals surface area (Å²) in [6.07, 6.45) is 0.877. The van der Waals surface area contributed by atoms with Gasteiger partial charge in [-0.1, -0.05) is 30.3 Å². The van der Waals surface area contributed by atoms with E-state index < -0.39 is 0 Å². The quantitative estimate of drug-likeness (QED) is 0.769. The molecule has 0 spiro atoms. The van der Waals surface area contributed by atoms with Crippen molar-refractivity contribution >= 4 is 6.29 Å². The third-order valence-electron chi connectivity index (χ3n) is 4.25. The average Bonchev–Trinajstić information content (AvgIpc) is 2.90. The van der Waals surface area contributed by atoms with E-state index in [0.717, 1.165) is 12.0 Å². The molecule has 0 saturated carbocycles. The Balaban J connectivity index is 2.08. The van der Waals surface area contributed by atoms with E-state index in [-0.39, 0.29) is 5.92 Å². The standard InChI is InChI=1S/C18H18O2/c1-11-8-12(2)17-16(10-20-18(17)13(11)3)15-6-4-14(9-19)5-7-15/h4-9,16H,10H2,1-3H3/t16-/m0/s1. The highest BCUT2D eigenvalue weighted by Crippen LogP contribution is 2.43. The van der Waals surface area contributed by atoms with Crippen molar-refractivity contribution in [1.82, 2.24) is 0 Å². The number of hydrogen-bond acceptors (Lipinski definition) is 2. The van der Waals surface area contributed by atoms with E-state index in [2.05, 4.69) is 26.8 Å². The lowest BCUT2D eigenvalue weighted by Gasteiger charge is -2.14. The van der Waals surface area contributed by atoms with Gasteiger partial charge in [0.2, 0.25) is 0 Å². The van der Waals surface area contributed by atoms with Gasteiger partial charge >= 0.3 is 0 Å². The number of aryl methyl sites for hydroxylation is 2. The molecular weight excluding hydrogens is 248 g/mol. The van der Waals surface area contributed by atoms with Crippen LogP contribution in [0.25, 0.3) is 0 Å². The molecule has 3 rings (SSSR count). The lowest BCUT2D eigenvalue weighted by Crippen LogP contribution is -2.03. The number of aldehydes is 1. The summed E-state index contributed by atoms with van der Waals surface area (Å²) in [5.41, 5.74) is 7.01. The molecule has 1 atom stereocenters. The molecule has 0 fully saturated rings. The van der Waals surface area contributed by atoms with E-state index >= 15 is 0 Å². The van der Waals surface area contributed by atoms with Crippen LogP contribution in [0.15, 0.2) is 30.3 Å². The zero-order valence-corrected chi connectivity index (χ0v) is 12.1. The number of ether oxygens (including phenoxy) is 1. The Bertz CT molecular complexity index is 669. The highest BCUT2D eigenvalue weighted by molar-refractivity contribution is 5.74. The fourth-order valence-electron chi connectivity index (χ4n) is 3.01. The van der Waals surface area contributed by atoms with Gasteiger partial charge in [0, 0.05) is 17.0 Å². The topological polar surface area (TPSA) is 26.3 Å². The Morgan fingerprint density at radius 2 is 1.80 bits per heavy atom. The van der Waals surface area contributed by atoms with Crippen molar-refractivity contribution in [1.29, 1.82) is 0 Å². The molecule has 1 heterocycles. The molecule has 102 valence electrons. The molecule has 0 aliphatic carbocycles. The summed E-state index contributed by atoms with van der Waals surface area (Å²) in [6, 6.07) is 10.0. The molecule has 0 saturated heterocycles. The molecule has 0 radical (unpaired) electrons. The average molecular weight is 266 g/mol. The van der Waals surface area contributed by atoms with Crippen LogP contribution in [0.3, 0.4) is 0 Å². The monoisotopic (exact) mass is 266 g/mol. The zero-order valence-electron chi connectivity index (χ0n) is 12.1. The van der Waals surface area contributed by atoms with Gasteiger partial charge in [-0.25, -0.2) is 0 Å². The number of fused-ring (bicyclic) bond motifs is 1. The fourth-order valence-corrected chi connectivity index (χ4v) is 3.01. The van der Waals surface area contributed by atoms with Crippen LogP contribution in [0, 0.1) is 20.8 Å². The second-order valence-corrected chi connectivity index (χ2v) is 5.53. The van der Waals surface area contributed by atoms with Crippen molar-refractivity contribution < 1.29 is 9.53 Å². The van der Waals surface area contributed by atoms with Crippen LogP contribution in [0.5, 0.6) is 5.75 Å². The van der Waals surface area contributed by atoms with Crippen molar-refractivity contribution in [3.8, 4) is 5.75 Å². The van der Waals surface area contributed by atoms with E-state index in [9.17, 15) is 4.79 Å². The Morgan fingerprint density at radius 1 is 1.10 bits per heavy atom. The summed E-state index contributed by atoms with van der Waals surface area (Å²) in [6.45, 7) is 7.07. The van der Waals surface area contributed by atoms with Crippen LogP contribution < -0.4 is 4.74 Å². The highest BCUT2D eigenvalue weighted by atomic mass is 16.5. The minimum absolute atomic E-state index is 0.269. The van der Waals surface area contributed by atoms with E-state index in [0.29, 0.717) is 12.2 Å². The largest absolute Gasteiger partial charge is 0.492 e. The molecule has 2 aromatic rings. The maximum atomic E-state index is 10.7. The SMILES string of the molecule is Cc1cc(C)c2c(c1C)OC[C@H]2c1ccc(C=O)cc1. The number of carbonyl (C=O) groups is 1. The maximum absolute atomic E-state index is 10.7. The Labute approximate surface area is 119 Å². The first-order chi connectivity index (χ1) is 9.61. The molecule has 2 nitrogen and oxygen atoms in total. The lowest BCUT2D eigenvalue weighted by atomic mass is 9.87. The third-order valence-corrected chi connectivity index (χ3v) is 4.25. The number of hydrogen-bond donors (Lipinski definition) is 0. The predicted molar refractivity (Wildman–Crippen MR) is 79.8 cm³/mol. The first-order valence-corrected chi connectivity index (χ1v) is 6.90. The Morgan fingerprint density at radius 3 is 2.45 bits per heavy atom. The second-order valence-electron chi connectivity index (χ2n) is 5.53. The van der Waals surface area contributed by atoms with E-state index in [1.54, 1.807) is 0 Å². The number of benzene rings is 2. The van der Waals surface area contributed by atoms with Crippen LogP contribution in [0.2, 0.25) is 0 Å². The highest BCUT2D eigenvalue weighted by Gasteiger charge is 2.29. The van der Waals surface area contributed by atoms with Crippen molar-refractivity contribution in [2.75, 3.05) is 6.61 Å². The van der Waals surface area contributed by atoms with E-state index in [4.69, 9.17) is 4.74 Å². The summed E-state index contributed by atoms with van der Waals surface area (Å²) < 4.78 is 5.94. The van der Waals surface area contributed by atoms with Gasteiger partial charge < -0.3 is 4.74 Å². The van der Waals surface area contributed by atoms with Crippen LogP contribution in [0.1, 0.15) is 44.1 Å². The molecule has 0 N–H and O–H groups in total. The first kappa shape index (κ1) is 12.9. The predicted octanol–water partition coefficient (Wildman–Crippen LogP) is 3.95. The van der Waals surface area contributed by atoms with Gasteiger partial charge in [0.05, 0.1) is 6.61 Å². The molecule has 0 unspecified atom stereocenters. The van der Waals surface area contributed by atoms with Gasteiger partial charge in [0.15, 0.2) is 0 Å². The van der Waals surface area contributed by atoms with Crippen molar-refractivity contribution in [3.05, 3.63) is 63.7 Å². The summed E-state index contributed by atoms with van der Waals surface area (Å²) >= 11 is 0. The molecule has 0 amide bonds. The van der Waals surface area contributed by atoms with Crippen LogP contribution in [-0.4, -0.2) is 12.9 Å². The van der Waals surface area contributed by atoms with E-state index in [1.165, 1.54) is 27.8 Å². The van der Waals surface area contributed by atoms with Crippen LogP contribution >= 0.6 is 0 Å². The third kappa shape index (κ3) is 1.92. The molecular formula is C18H18O2. The zero-order chi connectivity index (χ0) is 14.3. The van der Waals surface area contributed by atoms with Gasteiger partial charge in [0.1, 0.15) is 12.0 Å². The normalized spacial score (nSPS) is 16.6. The minimum Gasteiger partial charge on any atom is -0.492 e. The van der Waals surface area contributed by atoms with E-state index in [1.807, 2.05) is 24.3 Å². The van der Waals surface area contributed by atoms with Crippen LogP contribution in [-0.2, 0) is 0 Å². The summed E-state index contributed by atoms with van der Waals surface area (Å²) in [5.74, 6) is 1.32. The summed E-state index contributed by atoms with van der Waals surface area (Å²) in [5, 5.41) is 0. The molecule has 2 aromatic carbocycles. The molecule has 20 heavy (non-hydrogen) atoms. The summed E-state index contributed by atoms with van der Waals surface area (Å²) in [7, 11) is 0. The Hall–Kier alpha value is -2.09. The molecule has 1 aliphatic heterocycles. The van der Waals surface area contributed by atoms with Gasteiger partial charge in [-0.3, -0.25) is 4.79 Å². The Kier molecular flexibility index (Phi) is 3.09. The second kappa shape index (κ2) is 4.78.